The Morgan fingerprint density at radius 1 is 1.15 bits per heavy atom. The molecular formula is C18H21ClFN3O3S. The number of sulfonamides is 1. The minimum Gasteiger partial charge on any atom is -0.350 e. The Bertz CT molecular complexity index is 902. The van der Waals surface area contributed by atoms with Gasteiger partial charge in [-0.25, -0.2) is 12.8 Å². The number of benzene rings is 2. The summed E-state index contributed by atoms with van der Waals surface area (Å²) in [7, 11) is -3.95. The predicted octanol–water partition coefficient (Wildman–Crippen LogP) is 2.52. The van der Waals surface area contributed by atoms with Crippen molar-refractivity contribution < 1.29 is 17.6 Å². The van der Waals surface area contributed by atoms with Crippen LogP contribution in [0.25, 0.3) is 0 Å². The van der Waals surface area contributed by atoms with Gasteiger partial charge in [0, 0.05) is 18.2 Å². The minimum atomic E-state index is -3.95. The smallest absolute Gasteiger partial charge is 0.261 e. The van der Waals surface area contributed by atoms with Gasteiger partial charge in [-0.15, -0.1) is 12.4 Å². The van der Waals surface area contributed by atoms with Crippen molar-refractivity contribution in [2.45, 2.75) is 23.8 Å². The van der Waals surface area contributed by atoms with E-state index in [0.717, 1.165) is 18.9 Å². The van der Waals surface area contributed by atoms with E-state index in [-0.39, 0.29) is 34.9 Å². The van der Waals surface area contributed by atoms with Crippen molar-refractivity contribution in [2.24, 2.45) is 11.7 Å². The third-order valence-corrected chi connectivity index (χ3v) is 5.65. The highest BCUT2D eigenvalue weighted by atomic mass is 35.5. The van der Waals surface area contributed by atoms with E-state index in [1.54, 1.807) is 0 Å². The second-order valence-electron chi connectivity index (χ2n) is 6.32. The van der Waals surface area contributed by atoms with Gasteiger partial charge in [0.1, 0.15) is 5.82 Å². The van der Waals surface area contributed by atoms with Gasteiger partial charge in [-0.3, -0.25) is 9.52 Å². The molecule has 1 aliphatic carbocycles. The Kier molecular flexibility index (Phi) is 6.80. The topological polar surface area (TPSA) is 101 Å². The molecule has 2 aromatic carbocycles. The van der Waals surface area contributed by atoms with Crippen molar-refractivity contribution in [3.8, 4) is 0 Å². The highest BCUT2D eigenvalue weighted by Gasteiger charge is 2.28. The summed E-state index contributed by atoms with van der Waals surface area (Å²) in [6.07, 6.45) is 2.19. The molecule has 1 unspecified atom stereocenters. The third kappa shape index (κ3) is 5.41. The average Bonchev–Trinajstić information content (AvgIpc) is 3.46. The van der Waals surface area contributed by atoms with Crippen LogP contribution in [-0.2, 0) is 10.0 Å². The van der Waals surface area contributed by atoms with Crippen LogP contribution in [0.5, 0.6) is 0 Å². The number of nitrogens with one attached hydrogen (secondary N) is 2. The van der Waals surface area contributed by atoms with Gasteiger partial charge < -0.3 is 11.1 Å². The van der Waals surface area contributed by atoms with Gasteiger partial charge in [0.2, 0.25) is 0 Å². The maximum atomic E-state index is 13.6. The molecule has 1 aliphatic rings. The molecule has 9 heteroatoms. The van der Waals surface area contributed by atoms with Crippen molar-refractivity contribution in [2.75, 3.05) is 11.3 Å². The number of halogens is 2. The van der Waals surface area contributed by atoms with Crippen LogP contribution in [0.2, 0.25) is 0 Å². The molecule has 0 spiro atoms. The van der Waals surface area contributed by atoms with Gasteiger partial charge in [0.05, 0.1) is 10.6 Å². The van der Waals surface area contributed by atoms with E-state index < -0.39 is 15.8 Å². The van der Waals surface area contributed by atoms with Gasteiger partial charge in [0.15, 0.2) is 0 Å². The zero-order chi connectivity index (χ0) is 18.7. The van der Waals surface area contributed by atoms with Gasteiger partial charge in [-0.1, -0.05) is 12.1 Å². The van der Waals surface area contributed by atoms with Gasteiger partial charge >= 0.3 is 0 Å². The van der Waals surface area contributed by atoms with E-state index in [0.29, 0.717) is 18.0 Å². The molecule has 1 fully saturated rings. The molecule has 27 heavy (non-hydrogen) atoms. The maximum Gasteiger partial charge on any atom is 0.261 e. The quantitative estimate of drug-likeness (QED) is 0.649. The molecule has 0 heterocycles. The van der Waals surface area contributed by atoms with Crippen LogP contribution in [-0.4, -0.2) is 26.9 Å². The molecule has 1 atom stereocenters. The first-order chi connectivity index (χ1) is 12.4. The van der Waals surface area contributed by atoms with E-state index in [1.807, 2.05) is 0 Å². The number of anilines is 1. The fraction of sp³-hybridized carbons (Fsp3) is 0.278. The van der Waals surface area contributed by atoms with Crippen molar-refractivity contribution in [1.82, 2.24) is 5.32 Å². The van der Waals surface area contributed by atoms with Crippen LogP contribution >= 0.6 is 12.4 Å². The zero-order valence-corrected chi connectivity index (χ0v) is 16.0. The lowest BCUT2D eigenvalue weighted by Crippen LogP contribution is -2.38. The Morgan fingerprint density at radius 3 is 2.37 bits per heavy atom. The fourth-order valence-electron chi connectivity index (χ4n) is 2.54. The Labute approximate surface area is 163 Å². The summed E-state index contributed by atoms with van der Waals surface area (Å²) in [5.74, 6) is -0.501. The summed E-state index contributed by atoms with van der Waals surface area (Å²) in [6.45, 7) is 0.387. The summed E-state index contributed by atoms with van der Waals surface area (Å²) < 4.78 is 40.5. The normalized spacial score (nSPS) is 14.7. The molecule has 0 bridgehead atoms. The number of para-hydroxylation sites is 1. The number of nitrogens with two attached hydrogens (primary N) is 1. The molecule has 2 aromatic rings. The number of carbonyl (C=O) groups excluding carboxylic acids is 1. The molecule has 146 valence electrons. The second kappa shape index (κ2) is 8.69. The molecule has 0 saturated heterocycles. The lowest BCUT2D eigenvalue weighted by molar-refractivity contribution is 0.0950. The maximum absolute atomic E-state index is 13.6. The summed E-state index contributed by atoms with van der Waals surface area (Å²) in [5, 5.41) is 2.75. The number of carbonyl (C=O) groups is 1. The van der Waals surface area contributed by atoms with Crippen LogP contribution in [0, 0.1) is 11.7 Å². The first kappa shape index (κ1) is 21.1. The monoisotopic (exact) mass is 413 g/mol. The van der Waals surface area contributed by atoms with Gasteiger partial charge in [-0.05, 0) is 55.2 Å². The van der Waals surface area contributed by atoms with Gasteiger partial charge in [0.25, 0.3) is 15.9 Å². The zero-order valence-electron chi connectivity index (χ0n) is 14.4. The first-order valence-electron chi connectivity index (χ1n) is 8.28. The molecular weight excluding hydrogens is 393 g/mol. The van der Waals surface area contributed by atoms with E-state index in [2.05, 4.69) is 10.0 Å². The van der Waals surface area contributed by atoms with E-state index in [4.69, 9.17) is 5.73 Å². The number of hydrogen-bond donors (Lipinski definition) is 3. The molecule has 6 nitrogen and oxygen atoms in total. The predicted molar refractivity (Wildman–Crippen MR) is 104 cm³/mol. The molecule has 1 saturated carbocycles. The molecule has 0 aliphatic heterocycles. The SMILES string of the molecule is Cl.NC(CNC(=O)c1ccc(S(=O)(=O)Nc2ccccc2F)cc1)C1CC1. The van der Waals surface area contributed by atoms with Crippen LogP contribution < -0.4 is 15.8 Å². The van der Waals surface area contributed by atoms with Crippen molar-refractivity contribution in [1.29, 1.82) is 0 Å². The molecule has 0 aromatic heterocycles. The van der Waals surface area contributed by atoms with E-state index >= 15 is 0 Å². The van der Waals surface area contributed by atoms with Crippen LogP contribution in [0.4, 0.5) is 10.1 Å². The van der Waals surface area contributed by atoms with Crippen molar-refractivity contribution >= 4 is 34.0 Å². The Hall–Kier alpha value is -2.16. The molecule has 3 rings (SSSR count). The average molecular weight is 414 g/mol. The number of rotatable bonds is 7. The summed E-state index contributed by atoms with van der Waals surface area (Å²) >= 11 is 0. The standard InChI is InChI=1S/C18H20FN3O3S.ClH/c19-15-3-1-2-4-17(15)22-26(24,25)14-9-7-13(8-10-14)18(23)21-11-16(20)12-5-6-12;/h1-4,7-10,12,16,22H,5-6,11,20H2,(H,21,23);1H. The minimum absolute atomic E-state index is 0. The van der Waals surface area contributed by atoms with Crippen molar-refractivity contribution in [3.63, 3.8) is 0 Å². The van der Waals surface area contributed by atoms with E-state index in [9.17, 15) is 17.6 Å². The lowest BCUT2D eigenvalue weighted by Gasteiger charge is -2.12. The highest BCUT2D eigenvalue weighted by molar-refractivity contribution is 7.92. The highest BCUT2D eigenvalue weighted by Crippen LogP contribution is 2.31. The molecule has 1 amide bonds. The Morgan fingerprint density at radius 2 is 1.78 bits per heavy atom. The molecule has 0 radical (unpaired) electrons. The summed E-state index contributed by atoms with van der Waals surface area (Å²) in [6, 6.07) is 10.9. The third-order valence-electron chi connectivity index (χ3n) is 4.27. The largest absolute Gasteiger partial charge is 0.350 e. The summed E-state index contributed by atoms with van der Waals surface area (Å²) in [5.41, 5.74) is 6.13. The van der Waals surface area contributed by atoms with Crippen LogP contribution in [0.15, 0.2) is 53.4 Å². The number of amides is 1. The van der Waals surface area contributed by atoms with Gasteiger partial charge in [-0.2, -0.15) is 0 Å². The lowest BCUT2D eigenvalue weighted by atomic mass is 10.2. The van der Waals surface area contributed by atoms with Crippen LogP contribution in [0.3, 0.4) is 0 Å². The van der Waals surface area contributed by atoms with E-state index in [1.165, 1.54) is 42.5 Å². The second-order valence-corrected chi connectivity index (χ2v) is 8.00. The first-order valence-corrected chi connectivity index (χ1v) is 9.76. The number of hydrogen-bond acceptors (Lipinski definition) is 4. The fourth-order valence-corrected chi connectivity index (χ4v) is 3.60. The Balaban J connectivity index is 0.00000261. The van der Waals surface area contributed by atoms with Crippen LogP contribution in [0.1, 0.15) is 23.2 Å². The van der Waals surface area contributed by atoms with Crippen molar-refractivity contribution in [3.05, 3.63) is 59.9 Å². The summed E-state index contributed by atoms with van der Waals surface area (Å²) in [4.78, 5) is 12.0. The molecule has 4 N–H and O–H groups in total.